The van der Waals surface area contributed by atoms with Gasteiger partial charge in [0, 0.05) is 11.6 Å². The summed E-state index contributed by atoms with van der Waals surface area (Å²) in [5, 5.41) is 0. The lowest BCUT2D eigenvalue weighted by atomic mass is 10.0. The molecule has 3 unspecified atom stereocenters. The van der Waals surface area contributed by atoms with Gasteiger partial charge in [-0.1, -0.05) is 6.92 Å². The highest BCUT2D eigenvalue weighted by Crippen LogP contribution is 2.14. The molecule has 0 amide bonds. The van der Waals surface area contributed by atoms with Crippen molar-refractivity contribution in [3.8, 4) is 0 Å². The van der Waals surface area contributed by atoms with Gasteiger partial charge in [0.1, 0.15) is 11.6 Å². The molecule has 10 heavy (non-hydrogen) atoms. The maximum absolute atomic E-state index is 10.7. The number of carbonyl (C=O) groups is 2. The van der Waals surface area contributed by atoms with Crippen LogP contribution in [-0.4, -0.2) is 17.2 Å². The van der Waals surface area contributed by atoms with Crippen molar-refractivity contribution in [1.29, 1.82) is 0 Å². The molecule has 3 heteroatoms. The largest absolute Gasteiger partial charge is 0.300 e. The molecule has 0 aliphatic heterocycles. The molecule has 0 radical (unpaired) electrons. The van der Waals surface area contributed by atoms with E-state index in [1.807, 2.05) is 0 Å². The van der Waals surface area contributed by atoms with Crippen LogP contribution in [0.15, 0.2) is 0 Å². The molecular formula is C7H13O2P. The van der Waals surface area contributed by atoms with Crippen LogP contribution in [0.3, 0.4) is 0 Å². The zero-order chi connectivity index (χ0) is 8.31. The van der Waals surface area contributed by atoms with Gasteiger partial charge in [-0.3, -0.25) is 9.59 Å². The van der Waals surface area contributed by atoms with Gasteiger partial charge in [0.15, 0.2) is 0 Å². The molecule has 2 nitrogen and oxygen atoms in total. The Balaban J connectivity index is 4.07. The molecule has 0 aromatic rings. The Hall–Kier alpha value is -0.230. The monoisotopic (exact) mass is 160 g/mol. The topological polar surface area (TPSA) is 34.1 Å². The van der Waals surface area contributed by atoms with Crippen LogP contribution in [0, 0.1) is 5.92 Å². The van der Waals surface area contributed by atoms with Gasteiger partial charge in [-0.25, -0.2) is 0 Å². The van der Waals surface area contributed by atoms with E-state index in [1.54, 1.807) is 6.92 Å². The van der Waals surface area contributed by atoms with Crippen LogP contribution < -0.4 is 0 Å². The van der Waals surface area contributed by atoms with E-state index in [4.69, 9.17) is 0 Å². The predicted molar refractivity (Wildman–Crippen MR) is 44.0 cm³/mol. The number of ketones is 2. The Morgan fingerprint density at radius 1 is 1.20 bits per heavy atom. The van der Waals surface area contributed by atoms with Crippen molar-refractivity contribution in [3.05, 3.63) is 0 Å². The van der Waals surface area contributed by atoms with Gasteiger partial charge in [0.05, 0.1) is 0 Å². The van der Waals surface area contributed by atoms with E-state index in [0.29, 0.717) is 0 Å². The molecule has 0 saturated carbocycles. The quantitative estimate of drug-likeness (QED) is 0.578. The van der Waals surface area contributed by atoms with Gasteiger partial charge in [0.2, 0.25) is 0 Å². The lowest BCUT2D eigenvalue weighted by Crippen LogP contribution is -2.24. The highest BCUT2D eigenvalue weighted by molar-refractivity contribution is 7.19. The second-order valence-electron chi connectivity index (χ2n) is 2.54. The molecule has 0 saturated heterocycles. The summed E-state index contributed by atoms with van der Waals surface area (Å²) in [5.41, 5.74) is -0.211. The van der Waals surface area contributed by atoms with E-state index in [9.17, 15) is 9.59 Å². The van der Waals surface area contributed by atoms with Crippen molar-refractivity contribution in [2.24, 2.45) is 5.92 Å². The molecule has 0 spiro atoms. The SMILES string of the molecule is CC(=O)C(C)C(P)C(C)=O. The van der Waals surface area contributed by atoms with Crippen LogP contribution in [0.25, 0.3) is 0 Å². The van der Waals surface area contributed by atoms with Crippen molar-refractivity contribution in [2.45, 2.75) is 26.4 Å². The van der Waals surface area contributed by atoms with Gasteiger partial charge in [-0.15, -0.1) is 9.24 Å². The average molecular weight is 160 g/mol. The van der Waals surface area contributed by atoms with Gasteiger partial charge in [-0.2, -0.15) is 0 Å². The minimum Gasteiger partial charge on any atom is -0.300 e. The van der Waals surface area contributed by atoms with E-state index in [-0.39, 0.29) is 23.1 Å². The summed E-state index contributed by atoms with van der Waals surface area (Å²) in [4.78, 5) is 21.4. The number of rotatable bonds is 3. The van der Waals surface area contributed by atoms with Gasteiger partial charge in [0.25, 0.3) is 0 Å². The van der Waals surface area contributed by atoms with Crippen molar-refractivity contribution < 1.29 is 9.59 Å². The van der Waals surface area contributed by atoms with Crippen molar-refractivity contribution in [2.75, 3.05) is 0 Å². The molecule has 0 heterocycles. The number of Topliss-reactive ketones (excluding diaryl/α,β-unsaturated/α-hetero) is 2. The number of hydrogen-bond acceptors (Lipinski definition) is 2. The highest BCUT2D eigenvalue weighted by atomic mass is 31.0. The Kier molecular flexibility index (Phi) is 3.73. The fourth-order valence-electron chi connectivity index (χ4n) is 0.605. The highest BCUT2D eigenvalue weighted by Gasteiger charge is 2.19. The van der Waals surface area contributed by atoms with Gasteiger partial charge in [-0.05, 0) is 13.8 Å². The fourth-order valence-corrected chi connectivity index (χ4v) is 0.876. The van der Waals surface area contributed by atoms with Crippen molar-refractivity contribution in [3.63, 3.8) is 0 Å². The Labute approximate surface area is 63.6 Å². The third-order valence-corrected chi connectivity index (χ3v) is 2.70. The summed E-state index contributed by atoms with van der Waals surface area (Å²) in [6, 6.07) is 0. The molecule has 0 aliphatic carbocycles. The molecule has 0 aromatic carbocycles. The maximum Gasteiger partial charge on any atom is 0.137 e. The Morgan fingerprint density at radius 3 is 1.70 bits per heavy atom. The fraction of sp³-hybridized carbons (Fsp3) is 0.714. The standard InChI is InChI=1S/C7H13O2P/c1-4(5(2)8)7(10)6(3)9/h4,7H,10H2,1-3H3. The van der Waals surface area contributed by atoms with Crippen molar-refractivity contribution in [1.82, 2.24) is 0 Å². The summed E-state index contributed by atoms with van der Waals surface area (Å²) < 4.78 is 0. The second kappa shape index (κ2) is 3.82. The predicted octanol–water partition coefficient (Wildman–Crippen LogP) is 1.04. The van der Waals surface area contributed by atoms with Crippen LogP contribution in [0.2, 0.25) is 0 Å². The van der Waals surface area contributed by atoms with Crippen LogP contribution in [0.1, 0.15) is 20.8 Å². The molecule has 3 atom stereocenters. The molecule has 58 valence electrons. The van der Waals surface area contributed by atoms with E-state index in [0.717, 1.165) is 0 Å². The first-order valence-corrected chi connectivity index (χ1v) is 3.90. The summed E-state index contributed by atoms with van der Waals surface area (Å²) >= 11 is 0. The van der Waals surface area contributed by atoms with E-state index < -0.39 is 0 Å². The van der Waals surface area contributed by atoms with E-state index >= 15 is 0 Å². The zero-order valence-corrected chi connectivity index (χ0v) is 7.70. The van der Waals surface area contributed by atoms with E-state index in [2.05, 4.69) is 9.24 Å². The first kappa shape index (κ1) is 9.77. The Morgan fingerprint density at radius 2 is 1.60 bits per heavy atom. The van der Waals surface area contributed by atoms with Crippen LogP contribution in [0.5, 0.6) is 0 Å². The minimum absolute atomic E-state index is 0.0488. The lowest BCUT2D eigenvalue weighted by molar-refractivity contribution is -0.124. The average Bonchev–Trinajstić information content (AvgIpc) is 1.84. The normalized spacial score (nSPS) is 16.0. The molecule has 0 aromatic heterocycles. The molecular weight excluding hydrogens is 147 g/mol. The van der Waals surface area contributed by atoms with Crippen molar-refractivity contribution >= 4 is 20.8 Å². The zero-order valence-electron chi connectivity index (χ0n) is 6.55. The first-order chi connectivity index (χ1) is 4.46. The molecule has 0 rings (SSSR count). The summed E-state index contributed by atoms with van der Waals surface area (Å²) in [6.07, 6.45) is 0. The first-order valence-electron chi connectivity index (χ1n) is 3.23. The summed E-state index contributed by atoms with van der Waals surface area (Å²) in [7, 11) is 2.39. The van der Waals surface area contributed by atoms with Gasteiger partial charge >= 0.3 is 0 Å². The van der Waals surface area contributed by atoms with Crippen LogP contribution in [0.4, 0.5) is 0 Å². The summed E-state index contributed by atoms with van der Waals surface area (Å²) in [6.45, 7) is 4.77. The third kappa shape index (κ3) is 2.57. The lowest BCUT2D eigenvalue weighted by Gasteiger charge is -2.12. The maximum atomic E-state index is 10.7. The molecule has 0 N–H and O–H groups in total. The third-order valence-electron chi connectivity index (χ3n) is 1.65. The second-order valence-corrected chi connectivity index (χ2v) is 3.25. The van der Waals surface area contributed by atoms with Crippen LogP contribution >= 0.6 is 9.24 Å². The number of hydrogen-bond donors (Lipinski definition) is 0. The molecule has 0 bridgehead atoms. The van der Waals surface area contributed by atoms with E-state index in [1.165, 1.54) is 13.8 Å². The van der Waals surface area contributed by atoms with Crippen LogP contribution in [-0.2, 0) is 9.59 Å². The summed E-state index contributed by atoms with van der Waals surface area (Å²) in [5.74, 6) is -0.0506. The molecule has 0 aliphatic rings. The number of carbonyl (C=O) groups excluding carboxylic acids is 2. The molecule has 0 fully saturated rings. The smallest absolute Gasteiger partial charge is 0.137 e. The van der Waals surface area contributed by atoms with Gasteiger partial charge < -0.3 is 0 Å². The Bertz CT molecular complexity index is 136. The minimum atomic E-state index is -0.211.